The molecule has 0 fully saturated rings. The lowest BCUT2D eigenvalue weighted by atomic mass is 10.1. The minimum absolute atomic E-state index is 0.840. The van der Waals surface area contributed by atoms with Crippen LogP contribution >= 0.6 is 11.8 Å². The second kappa shape index (κ2) is 7.84. The highest BCUT2D eigenvalue weighted by atomic mass is 32.2. The van der Waals surface area contributed by atoms with Crippen molar-refractivity contribution in [1.82, 2.24) is 14.5 Å². The summed E-state index contributed by atoms with van der Waals surface area (Å²) >= 11 is 1.79. The molecule has 2 aromatic carbocycles. The Morgan fingerprint density at radius 1 is 1.00 bits per heavy atom. The summed E-state index contributed by atoms with van der Waals surface area (Å²) in [6.45, 7) is 2.19. The van der Waals surface area contributed by atoms with Gasteiger partial charge in [0.25, 0.3) is 0 Å². The van der Waals surface area contributed by atoms with Crippen LogP contribution < -0.4 is 4.74 Å². The molecule has 0 unspecified atom stereocenters. The maximum atomic E-state index is 5.29. The van der Waals surface area contributed by atoms with Gasteiger partial charge in [-0.1, -0.05) is 37.3 Å². The molecule has 0 amide bonds. The van der Waals surface area contributed by atoms with Gasteiger partial charge in [0.2, 0.25) is 0 Å². The van der Waals surface area contributed by atoms with Crippen LogP contribution in [0.15, 0.2) is 72.1 Å². The Kier molecular flexibility index (Phi) is 5.12. The summed E-state index contributed by atoms with van der Waals surface area (Å²) in [6.07, 6.45) is 4.93. The Morgan fingerprint density at radius 2 is 1.78 bits per heavy atom. The highest BCUT2D eigenvalue weighted by Crippen LogP contribution is 2.37. The molecular weight excluding hydrogens is 354 g/mol. The van der Waals surface area contributed by atoms with Crippen molar-refractivity contribution in [2.75, 3.05) is 12.9 Å². The molecule has 4 rings (SSSR count). The molecule has 0 atom stereocenters. The van der Waals surface area contributed by atoms with Crippen molar-refractivity contribution >= 4 is 22.8 Å². The third kappa shape index (κ3) is 3.43. The molecule has 0 saturated carbocycles. The normalized spacial score (nSPS) is 11.0. The van der Waals surface area contributed by atoms with Crippen LogP contribution in [-0.4, -0.2) is 27.4 Å². The van der Waals surface area contributed by atoms with Crippen molar-refractivity contribution in [3.63, 3.8) is 0 Å². The van der Waals surface area contributed by atoms with Gasteiger partial charge in [-0.3, -0.25) is 0 Å². The van der Waals surface area contributed by atoms with Gasteiger partial charge in [-0.15, -0.1) is 11.8 Å². The van der Waals surface area contributed by atoms with Crippen LogP contribution in [0.1, 0.15) is 13.3 Å². The van der Waals surface area contributed by atoms with Crippen molar-refractivity contribution in [2.45, 2.75) is 18.4 Å². The zero-order valence-corrected chi connectivity index (χ0v) is 16.2. The first-order valence-corrected chi connectivity index (χ1v) is 9.99. The Bertz CT molecular complexity index is 1040. The number of ether oxygens (including phenoxy) is 1. The molecule has 0 radical (unpaired) electrons. The second-order valence-electron chi connectivity index (χ2n) is 6.20. The van der Waals surface area contributed by atoms with Crippen LogP contribution in [-0.2, 0) is 0 Å². The third-order valence-corrected chi connectivity index (χ3v) is 5.62. The summed E-state index contributed by atoms with van der Waals surface area (Å²) in [6, 6.07) is 18.5. The van der Waals surface area contributed by atoms with Gasteiger partial charge < -0.3 is 9.30 Å². The van der Waals surface area contributed by atoms with Gasteiger partial charge in [0, 0.05) is 17.4 Å². The molecular formula is C22H21N3OS. The Balaban J connectivity index is 1.94. The topological polar surface area (TPSA) is 39.9 Å². The summed E-state index contributed by atoms with van der Waals surface area (Å²) in [5.74, 6) is 1.88. The van der Waals surface area contributed by atoms with Crippen LogP contribution in [0.25, 0.3) is 27.8 Å². The number of methoxy groups -OCH3 is 1. The maximum absolute atomic E-state index is 5.29. The third-order valence-electron chi connectivity index (χ3n) is 4.43. The van der Waals surface area contributed by atoms with Gasteiger partial charge in [0.05, 0.1) is 12.5 Å². The summed E-state index contributed by atoms with van der Waals surface area (Å²) < 4.78 is 7.43. The highest BCUT2D eigenvalue weighted by Gasteiger charge is 2.17. The number of hydrogen-bond acceptors (Lipinski definition) is 4. The monoisotopic (exact) mass is 375 g/mol. The average molecular weight is 375 g/mol. The van der Waals surface area contributed by atoms with Gasteiger partial charge in [-0.05, 0) is 42.0 Å². The SMILES string of the molecule is CCCSc1ncnc2c1c(-c1ccccc1)cn2-c1ccc(OC)cc1. The van der Waals surface area contributed by atoms with E-state index in [1.165, 1.54) is 5.56 Å². The number of fused-ring (bicyclic) bond motifs is 1. The zero-order chi connectivity index (χ0) is 18.6. The van der Waals surface area contributed by atoms with Crippen molar-refractivity contribution in [2.24, 2.45) is 0 Å². The number of thioether (sulfide) groups is 1. The van der Waals surface area contributed by atoms with E-state index in [-0.39, 0.29) is 0 Å². The molecule has 5 heteroatoms. The van der Waals surface area contributed by atoms with E-state index in [2.05, 4.69) is 51.9 Å². The van der Waals surface area contributed by atoms with E-state index in [0.29, 0.717) is 0 Å². The fourth-order valence-corrected chi connectivity index (χ4v) is 3.98. The van der Waals surface area contributed by atoms with Crippen molar-refractivity contribution in [1.29, 1.82) is 0 Å². The number of rotatable bonds is 6. The molecule has 0 N–H and O–H groups in total. The van der Waals surface area contributed by atoms with Gasteiger partial charge in [-0.2, -0.15) is 0 Å². The second-order valence-corrected chi connectivity index (χ2v) is 7.29. The molecule has 0 bridgehead atoms. The first kappa shape index (κ1) is 17.6. The lowest BCUT2D eigenvalue weighted by molar-refractivity contribution is 0.415. The Morgan fingerprint density at radius 3 is 2.48 bits per heavy atom. The molecule has 136 valence electrons. The largest absolute Gasteiger partial charge is 0.497 e. The molecule has 0 saturated heterocycles. The van der Waals surface area contributed by atoms with Crippen molar-refractivity contribution in [3.8, 4) is 22.6 Å². The van der Waals surface area contributed by atoms with E-state index in [0.717, 1.165) is 45.2 Å². The molecule has 2 heterocycles. The fourth-order valence-electron chi connectivity index (χ4n) is 3.12. The minimum atomic E-state index is 0.840. The summed E-state index contributed by atoms with van der Waals surface area (Å²) in [7, 11) is 1.68. The smallest absolute Gasteiger partial charge is 0.149 e. The molecule has 0 spiro atoms. The molecule has 0 aliphatic rings. The van der Waals surface area contributed by atoms with E-state index in [1.807, 2.05) is 30.3 Å². The van der Waals surface area contributed by atoms with Gasteiger partial charge in [0.1, 0.15) is 22.7 Å². The Hall–Kier alpha value is -2.79. The van der Waals surface area contributed by atoms with Crippen LogP contribution in [0, 0.1) is 0 Å². The highest BCUT2D eigenvalue weighted by molar-refractivity contribution is 7.99. The molecule has 0 aliphatic heterocycles. The Labute approximate surface area is 163 Å². The van der Waals surface area contributed by atoms with Crippen LogP contribution in [0.3, 0.4) is 0 Å². The summed E-state index contributed by atoms with van der Waals surface area (Å²) in [4.78, 5) is 9.21. The summed E-state index contributed by atoms with van der Waals surface area (Å²) in [5.41, 5.74) is 4.30. The number of hydrogen-bond donors (Lipinski definition) is 0. The van der Waals surface area contributed by atoms with Gasteiger partial charge in [-0.25, -0.2) is 9.97 Å². The van der Waals surface area contributed by atoms with Gasteiger partial charge >= 0.3 is 0 Å². The van der Waals surface area contributed by atoms with Crippen LogP contribution in [0.4, 0.5) is 0 Å². The molecule has 4 nitrogen and oxygen atoms in total. The quantitative estimate of drug-likeness (QED) is 0.325. The fraction of sp³-hybridized carbons (Fsp3) is 0.182. The molecule has 0 aliphatic carbocycles. The number of nitrogens with zero attached hydrogens (tertiary/aromatic N) is 3. The van der Waals surface area contributed by atoms with E-state index >= 15 is 0 Å². The van der Waals surface area contributed by atoms with Crippen molar-refractivity contribution < 1.29 is 4.74 Å². The van der Waals surface area contributed by atoms with Crippen LogP contribution in [0.5, 0.6) is 5.75 Å². The molecule has 2 aromatic heterocycles. The maximum Gasteiger partial charge on any atom is 0.149 e. The predicted octanol–water partition coefficient (Wildman–Crippen LogP) is 5.60. The lowest BCUT2D eigenvalue weighted by Crippen LogP contribution is -1.95. The van der Waals surface area contributed by atoms with E-state index in [4.69, 9.17) is 4.74 Å². The first-order chi connectivity index (χ1) is 13.3. The number of benzene rings is 2. The van der Waals surface area contributed by atoms with Crippen LogP contribution in [0.2, 0.25) is 0 Å². The first-order valence-electron chi connectivity index (χ1n) is 9.00. The zero-order valence-electron chi connectivity index (χ0n) is 15.4. The minimum Gasteiger partial charge on any atom is -0.497 e. The lowest BCUT2D eigenvalue weighted by Gasteiger charge is -2.07. The van der Waals surface area contributed by atoms with E-state index < -0.39 is 0 Å². The van der Waals surface area contributed by atoms with Gasteiger partial charge in [0.15, 0.2) is 0 Å². The number of aromatic nitrogens is 3. The average Bonchev–Trinajstić information content (AvgIpc) is 3.13. The summed E-state index contributed by atoms with van der Waals surface area (Å²) in [5, 5.41) is 2.14. The predicted molar refractivity (Wildman–Crippen MR) is 112 cm³/mol. The molecule has 27 heavy (non-hydrogen) atoms. The van der Waals surface area contributed by atoms with E-state index in [9.17, 15) is 0 Å². The standard InChI is InChI=1S/C22H21N3OS/c1-3-13-27-22-20-19(16-7-5-4-6-8-16)14-25(21(20)23-15-24-22)17-9-11-18(26-2)12-10-17/h4-12,14-15H,3,13H2,1-2H3. The van der Waals surface area contributed by atoms with Crippen molar-refractivity contribution in [3.05, 3.63) is 67.1 Å². The van der Waals surface area contributed by atoms with E-state index in [1.54, 1.807) is 25.2 Å². The molecule has 4 aromatic rings.